The van der Waals surface area contributed by atoms with Gasteiger partial charge in [0, 0.05) is 35.4 Å². The van der Waals surface area contributed by atoms with E-state index in [0.29, 0.717) is 11.1 Å². The van der Waals surface area contributed by atoms with Crippen molar-refractivity contribution in [1.29, 1.82) is 0 Å². The minimum Gasteiger partial charge on any atom is -0.388 e. The molecule has 2 aromatic heterocycles. The number of fused-ring (bicyclic) bond motifs is 1. The van der Waals surface area contributed by atoms with Crippen LogP contribution in [0.15, 0.2) is 69.1 Å². The molecule has 35 heavy (non-hydrogen) atoms. The van der Waals surface area contributed by atoms with Gasteiger partial charge < -0.3 is 16.4 Å². The van der Waals surface area contributed by atoms with E-state index in [1.165, 1.54) is 30.3 Å². The molecule has 0 atom stereocenters. The Bertz CT molecular complexity index is 1630. The van der Waals surface area contributed by atoms with Gasteiger partial charge in [0.2, 0.25) is 0 Å². The molecule has 4 aromatic rings. The normalized spacial score (nSPS) is 11.3. The largest absolute Gasteiger partial charge is 0.388 e. The summed E-state index contributed by atoms with van der Waals surface area (Å²) in [7, 11) is -2.40. The molecule has 0 unspecified atom stereocenters. The van der Waals surface area contributed by atoms with Crippen molar-refractivity contribution in [2.45, 2.75) is 4.21 Å². The third kappa shape index (κ3) is 4.72. The summed E-state index contributed by atoms with van der Waals surface area (Å²) in [6, 6.07) is 9.87. The third-order valence-electron chi connectivity index (χ3n) is 5.02. The van der Waals surface area contributed by atoms with Crippen molar-refractivity contribution in [3.8, 4) is 5.69 Å². The van der Waals surface area contributed by atoms with E-state index < -0.39 is 33.3 Å². The van der Waals surface area contributed by atoms with Crippen LogP contribution >= 0.6 is 11.3 Å². The van der Waals surface area contributed by atoms with Gasteiger partial charge in [-0.05, 0) is 47.8 Å². The molecule has 4 rings (SSSR count). The smallest absolute Gasteiger partial charge is 0.333 e. The van der Waals surface area contributed by atoms with E-state index in [1.807, 2.05) is 4.72 Å². The number of pyridine rings is 1. The summed E-state index contributed by atoms with van der Waals surface area (Å²) in [6.45, 7) is 0. The van der Waals surface area contributed by atoms with Gasteiger partial charge >= 0.3 is 6.03 Å². The molecule has 0 aliphatic carbocycles. The summed E-state index contributed by atoms with van der Waals surface area (Å²) in [4.78, 5) is 37.3. The van der Waals surface area contributed by atoms with Crippen molar-refractivity contribution >= 4 is 55.4 Å². The summed E-state index contributed by atoms with van der Waals surface area (Å²) in [5.41, 5.74) is 5.31. The standard InChI is InChI=1S/C22H18FN5O5S2/c1-25-12-4-6-14-15(9-12)16(20(24)29)11-28(21(14)30)18-7-5-13(10-17(18)23)26-22(31)27-35(32,33)19-3-2-8-34-19/h2-11,25H,1H3,(H2,24,29)(H2,26,27,31). The molecule has 5 N–H and O–H groups in total. The maximum absolute atomic E-state index is 15.0. The highest BCUT2D eigenvalue weighted by atomic mass is 32.2. The second-order valence-electron chi connectivity index (χ2n) is 7.25. The Morgan fingerprint density at radius 2 is 1.80 bits per heavy atom. The first-order valence-corrected chi connectivity index (χ1v) is 12.3. The van der Waals surface area contributed by atoms with Crippen LogP contribution in [-0.2, 0) is 10.0 Å². The Morgan fingerprint density at radius 3 is 2.43 bits per heavy atom. The number of primary amides is 1. The Kier molecular flexibility index (Phi) is 6.28. The van der Waals surface area contributed by atoms with Crippen LogP contribution in [0.1, 0.15) is 10.4 Å². The van der Waals surface area contributed by atoms with E-state index in [-0.39, 0.29) is 26.5 Å². The molecule has 2 aromatic carbocycles. The number of nitrogens with two attached hydrogens (primary N) is 1. The molecule has 13 heteroatoms. The van der Waals surface area contributed by atoms with Crippen LogP contribution in [0.3, 0.4) is 0 Å². The molecule has 3 amide bonds. The lowest BCUT2D eigenvalue weighted by molar-refractivity contribution is 0.100. The predicted octanol–water partition coefficient (Wildman–Crippen LogP) is 2.84. The fourth-order valence-electron chi connectivity index (χ4n) is 3.40. The maximum Gasteiger partial charge on any atom is 0.333 e. The predicted molar refractivity (Wildman–Crippen MR) is 131 cm³/mol. The number of halogens is 1. The van der Waals surface area contributed by atoms with E-state index >= 15 is 4.39 Å². The molecule has 0 spiro atoms. The van der Waals surface area contributed by atoms with Gasteiger partial charge in [-0.1, -0.05) is 6.07 Å². The monoisotopic (exact) mass is 515 g/mol. The number of hydrogen-bond donors (Lipinski definition) is 4. The number of carbonyl (C=O) groups excluding carboxylic acids is 2. The van der Waals surface area contributed by atoms with Gasteiger partial charge in [0.25, 0.3) is 21.5 Å². The highest BCUT2D eigenvalue weighted by Crippen LogP contribution is 2.24. The summed E-state index contributed by atoms with van der Waals surface area (Å²) in [5.74, 6) is -1.72. The molecular formula is C22H18FN5O5S2. The van der Waals surface area contributed by atoms with Gasteiger partial charge in [0.15, 0.2) is 0 Å². The Morgan fingerprint density at radius 1 is 1.06 bits per heavy atom. The molecular weight excluding hydrogens is 497 g/mol. The number of nitrogens with zero attached hydrogens (tertiary/aromatic N) is 1. The highest BCUT2D eigenvalue weighted by Gasteiger charge is 2.20. The highest BCUT2D eigenvalue weighted by molar-refractivity contribution is 7.92. The second-order valence-corrected chi connectivity index (χ2v) is 10.1. The SMILES string of the molecule is CNc1ccc2c(=O)n(-c3ccc(NC(=O)NS(=O)(=O)c4cccs4)cc3F)cc(C(N)=O)c2c1. The number of rotatable bonds is 6. The van der Waals surface area contributed by atoms with Crippen molar-refractivity contribution in [2.75, 3.05) is 17.7 Å². The van der Waals surface area contributed by atoms with Crippen molar-refractivity contribution in [1.82, 2.24) is 9.29 Å². The number of nitrogens with one attached hydrogen (secondary N) is 3. The second kappa shape index (κ2) is 9.19. The molecule has 180 valence electrons. The lowest BCUT2D eigenvalue weighted by Crippen LogP contribution is -2.34. The molecule has 10 nitrogen and oxygen atoms in total. The number of sulfonamides is 1. The number of urea groups is 1. The van der Waals surface area contributed by atoms with Gasteiger partial charge in [-0.15, -0.1) is 11.3 Å². The quantitative estimate of drug-likeness (QED) is 0.310. The lowest BCUT2D eigenvalue weighted by Gasteiger charge is -2.14. The minimum absolute atomic E-state index is 0.0106. The molecule has 0 saturated carbocycles. The van der Waals surface area contributed by atoms with E-state index in [0.717, 1.165) is 28.2 Å². The van der Waals surface area contributed by atoms with Crippen LogP contribution in [0.4, 0.5) is 20.6 Å². The zero-order chi connectivity index (χ0) is 25.3. The summed E-state index contributed by atoms with van der Waals surface area (Å²) >= 11 is 0.928. The minimum atomic E-state index is -4.07. The van der Waals surface area contributed by atoms with E-state index in [2.05, 4.69) is 10.6 Å². The zero-order valence-electron chi connectivity index (χ0n) is 18.0. The van der Waals surface area contributed by atoms with Gasteiger partial charge in [-0.25, -0.2) is 22.3 Å². The van der Waals surface area contributed by atoms with Crippen molar-refractivity contribution in [3.63, 3.8) is 0 Å². The summed E-state index contributed by atoms with van der Waals surface area (Å²) < 4.78 is 42.0. The Hall–Kier alpha value is -4.23. The average Bonchev–Trinajstić information content (AvgIpc) is 3.35. The molecule has 0 bridgehead atoms. The fourth-order valence-corrected chi connectivity index (χ4v) is 5.30. The van der Waals surface area contributed by atoms with Crippen LogP contribution in [0.5, 0.6) is 0 Å². The van der Waals surface area contributed by atoms with Crippen LogP contribution in [0, 0.1) is 5.82 Å². The Labute approximate surface area is 202 Å². The van der Waals surface area contributed by atoms with Gasteiger partial charge in [0.05, 0.1) is 11.3 Å². The molecule has 0 saturated heterocycles. The molecule has 0 radical (unpaired) electrons. The number of benzene rings is 2. The maximum atomic E-state index is 15.0. The molecule has 0 fully saturated rings. The number of anilines is 2. The number of thiophene rings is 1. The third-order valence-corrected chi connectivity index (χ3v) is 7.75. The van der Waals surface area contributed by atoms with Crippen LogP contribution in [0.25, 0.3) is 16.5 Å². The first kappa shape index (κ1) is 23.9. The molecule has 0 aliphatic rings. The molecule has 0 aliphatic heterocycles. The van der Waals surface area contributed by atoms with E-state index in [4.69, 9.17) is 5.73 Å². The Balaban J connectivity index is 1.67. The number of hydrogen-bond acceptors (Lipinski definition) is 7. The van der Waals surface area contributed by atoms with Crippen LogP contribution in [0.2, 0.25) is 0 Å². The van der Waals surface area contributed by atoms with Gasteiger partial charge in [-0.2, -0.15) is 0 Å². The number of carbonyl (C=O) groups is 2. The van der Waals surface area contributed by atoms with Crippen molar-refractivity contribution in [3.05, 3.63) is 81.8 Å². The summed E-state index contributed by atoms with van der Waals surface area (Å²) in [5, 5.41) is 7.15. The zero-order valence-corrected chi connectivity index (χ0v) is 19.7. The van der Waals surface area contributed by atoms with Crippen LogP contribution in [-0.4, -0.2) is 32.0 Å². The van der Waals surface area contributed by atoms with E-state index in [1.54, 1.807) is 24.6 Å². The van der Waals surface area contributed by atoms with Gasteiger partial charge in [-0.3, -0.25) is 14.2 Å². The lowest BCUT2D eigenvalue weighted by atomic mass is 10.1. The number of amides is 3. The topological polar surface area (TPSA) is 152 Å². The summed E-state index contributed by atoms with van der Waals surface area (Å²) in [6.07, 6.45) is 1.15. The average molecular weight is 516 g/mol. The van der Waals surface area contributed by atoms with Crippen LogP contribution < -0.4 is 26.6 Å². The van der Waals surface area contributed by atoms with Gasteiger partial charge in [0.1, 0.15) is 10.0 Å². The fraction of sp³-hybridized carbons (Fsp3) is 0.0455. The van der Waals surface area contributed by atoms with E-state index in [9.17, 15) is 22.8 Å². The molecule has 2 heterocycles. The van der Waals surface area contributed by atoms with Crippen molar-refractivity contribution in [2.24, 2.45) is 5.73 Å². The first-order chi connectivity index (χ1) is 16.6. The first-order valence-electron chi connectivity index (χ1n) is 9.95. The number of aromatic nitrogens is 1. The van der Waals surface area contributed by atoms with Crippen molar-refractivity contribution < 1.29 is 22.4 Å².